The van der Waals surface area contributed by atoms with Crippen LogP contribution in [0.4, 0.5) is 5.69 Å². The van der Waals surface area contributed by atoms with Gasteiger partial charge in [-0.1, -0.05) is 48.0 Å². The van der Waals surface area contributed by atoms with Crippen LogP contribution in [-0.2, 0) is 4.79 Å². The van der Waals surface area contributed by atoms with Crippen LogP contribution in [0.15, 0.2) is 48.5 Å². The van der Waals surface area contributed by atoms with E-state index in [0.717, 1.165) is 0 Å². The number of rotatable bonds is 4. The SMILES string of the molecule is O=C(CCl)Nc1cccc(Cl)c1C(=O)c1ccccc1. The van der Waals surface area contributed by atoms with Gasteiger partial charge in [0.05, 0.1) is 16.3 Å². The van der Waals surface area contributed by atoms with Crippen LogP contribution in [-0.4, -0.2) is 17.6 Å². The Hall–Kier alpha value is -1.84. The molecule has 0 unspecified atom stereocenters. The van der Waals surface area contributed by atoms with Crippen molar-refractivity contribution in [3.8, 4) is 0 Å². The molecule has 0 fully saturated rings. The number of ketones is 1. The third-order valence-corrected chi connectivity index (χ3v) is 3.23. The summed E-state index contributed by atoms with van der Waals surface area (Å²) in [5.41, 5.74) is 1.12. The smallest absolute Gasteiger partial charge is 0.239 e. The van der Waals surface area contributed by atoms with Crippen molar-refractivity contribution in [2.45, 2.75) is 0 Å². The number of amides is 1. The van der Waals surface area contributed by atoms with Crippen LogP contribution in [0.2, 0.25) is 5.02 Å². The maximum Gasteiger partial charge on any atom is 0.239 e. The second kappa shape index (κ2) is 6.55. The van der Waals surface area contributed by atoms with Crippen molar-refractivity contribution in [2.75, 3.05) is 11.2 Å². The number of hydrogen-bond acceptors (Lipinski definition) is 2. The van der Waals surface area contributed by atoms with Crippen LogP contribution < -0.4 is 5.32 Å². The lowest BCUT2D eigenvalue weighted by atomic mass is 10.0. The zero-order valence-corrected chi connectivity index (χ0v) is 11.9. The molecular formula is C15H11Cl2NO2. The molecule has 3 nitrogen and oxygen atoms in total. The molecule has 0 spiro atoms. The minimum atomic E-state index is -0.393. The highest BCUT2D eigenvalue weighted by Crippen LogP contribution is 2.27. The summed E-state index contributed by atoms with van der Waals surface area (Å²) < 4.78 is 0. The van der Waals surface area contributed by atoms with Gasteiger partial charge in [0.1, 0.15) is 5.88 Å². The van der Waals surface area contributed by atoms with Gasteiger partial charge >= 0.3 is 0 Å². The molecule has 0 bridgehead atoms. The Bertz CT molecular complexity index is 642. The first-order chi connectivity index (χ1) is 9.63. The Morgan fingerprint density at radius 3 is 2.35 bits per heavy atom. The van der Waals surface area contributed by atoms with Gasteiger partial charge in [-0.25, -0.2) is 0 Å². The highest BCUT2D eigenvalue weighted by Gasteiger charge is 2.18. The summed E-state index contributed by atoms with van der Waals surface area (Å²) in [4.78, 5) is 23.9. The molecule has 0 aromatic heterocycles. The first-order valence-electron chi connectivity index (χ1n) is 5.87. The van der Waals surface area contributed by atoms with Crippen molar-refractivity contribution in [1.29, 1.82) is 0 Å². The predicted molar refractivity (Wildman–Crippen MR) is 80.7 cm³/mol. The van der Waals surface area contributed by atoms with Gasteiger partial charge in [0.15, 0.2) is 5.78 Å². The molecule has 0 radical (unpaired) electrons. The fraction of sp³-hybridized carbons (Fsp3) is 0.0667. The number of nitrogens with one attached hydrogen (secondary N) is 1. The lowest BCUT2D eigenvalue weighted by molar-refractivity contribution is -0.113. The van der Waals surface area contributed by atoms with Gasteiger partial charge in [-0.3, -0.25) is 9.59 Å². The Labute approximate surface area is 126 Å². The molecule has 0 aliphatic carbocycles. The van der Waals surface area contributed by atoms with Crippen molar-refractivity contribution in [3.05, 3.63) is 64.7 Å². The first kappa shape index (κ1) is 14.6. The molecule has 1 amide bonds. The highest BCUT2D eigenvalue weighted by molar-refractivity contribution is 6.36. The third-order valence-electron chi connectivity index (χ3n) is 2.67. The standard InChI is InChI=1S/C15H11Cl2NO2/c16-9-13(19)18-12-8-4-7-11(17)14(12)15(20)10-5-2-1-3-6-10/h1-8H,9H2,(H,18,19). The zero-order chi connectivity index (χ0) is 14.5. The van der Waals surface area contributed by atoms with Crippen LogP contribution >= 0.6 is 23.2 Å². The lowest BCUT2D eigenvalue weighted by Crippen LogP contribution is -2.16. The first-order valence-corrected chi connectivity index (χ1v) is 6.79. The fourth-order valence-electron chi connectivity index (χ4n) is 1.78. The lowest BCUT2D eigenvalue weighted by Gasteiger charge is -2.11. The fourth-order valence-corrected chi connectivity index (χ4v) is 2.10. The van der Waals surface area contributed by atoms with Crippen LogP contribution in [0.5, 0.6) is 0 Å². The molecule has 2 aromatic carbocycles. The maximum absolute atomic E-state index is 12.5. The largest absolute Gasteiger partial charge is 0.324 e. The average molecular weight is 308 g/mol. The van der Waals surface area contributed by atoms with E-state index in [2.05, 4.69) is 5.32 Å². The molecule has 1 N–H and O–H groups in total. The van der Waals surface area contributed by atoms with Crippen molar-refractivity contribution in [2.24, 2.45) is 0 Å². The van der Waals surface area contributed by atoms with Gasteiger partial charge in [0.2, 0.25) is 5.91 Å². The van der Waals surface area contributed by atoms with Crippen LogP contribution in [0.3, 0.4) is 0 Å². The second-order valence-corrected chi connectivity index (χ2v) is 4.71. The molecule has 2 rings (SSSR count). The number of alkyl halides is 1. The predicted octanol–water partition coefficient (Wildman–Crippen LogP) is 3.75. The van der Waals surface area contributed by atoms with Crippen molar-refractivity contribution < 1.29 is 9.59 Å². The maximum atomic E-state index is 12.5. The van der Waals surface area contributed by atoms with E-state index in [0.29, 0.717) is 11.3 Å². The Morgan fingerprint density at radius 2 is 1.70 bits per heavy atom. The zero-order valence-electron chi connectivity index (χ0n) is 10.4. The summed E-state index contributed by atoms with van der Waals surface area (Å²) in [5, 5.41) is 2.86. The molecule has 0 heterocycles. The van der Waals surface area contributed by atoms with E-state index in [1.807, 2.05) is 6.07 Å². The van der Waals surface area contributed by atoms with E-state index >= 15 is 0 Å². The number of anilines is 1. The van der Waals surface area contributed by atoms with Crippen LogP contribution in [0.25, 0.3) is 0 Å². The average Bonchev–Trinajstić information content (AvgIpc) is 2.47. The van der Waals surface area contributed by atoms with E-state index in [4.69, 9.17) is 23.2 Å². The van der Waals surface area contributed by atoms with E-state index in [1.165, 1.54) is 0 Å². The Morgan fingerprint density at radius 1 is 1.00 bits per heavy atom. The van der Waals surface area contributed by atoms with Crippen molar-refractivity contribution in [1.82, 2.24) is 0 Å². The molecule has 0 saturated heterocycles. The summed E-state index contributed by atoms with van der Waals surface area (Å²) >= 11 is 11.6. The molecule has 0 saturated carbocycles. The van der Waals surface area contributed by atoms with Gasteiger partial charge < -0.3 is 5.32 Å². The summed E-state index contributed by atoms with van der Waals surface area (Å²) in [7, 11) is 0. The van der Waals surface area contributed by atoms with E-state index in [1.54, 1.807) is 42.5 Å². The summed E-state index contributed by atoms with van der Waals surface area (Å²) in [6.45, 7) is 0. The number of halogens is 2. The third kappa shape index (κ3) is 3.18. The van der Waals surface area contributed by atoms with Gasteiger partial charge in [0, 0.05) is 5.56 Å². The Kier molecular flexibility index (Phi) is 4.77. The van der Waals surface area contributed by atoms with E-state index in [-0.39, 0.29) is 22.2 Å². The summed E-state index contributed by atoms with van der Waals surface area (Å²) in [5.74, 6) is -0.831. The van der Waals surface area contributed by atoms with Crippen molar-refractivity contribution in [3.63, 3.8) is 0 Å². The van der Waals surface area contributed by atoms with Crippen LogP contribution in [0, 0.1) is 0 Å². The molecule has 0 aliphatic heterocycles. The van der Waals surface area contributed by atoms with E-state index in [9.17, 15) is 9.59 Å². The minimum Gasteiger partial charge on any atom is -0.324 e. The number of carbonyl (C=O) groups excluding carboxylic acids is 2. The van der Waals surface area contributed by atoms with Gasteiger partial charge in [-0.05, 0) is 12.1 Å². The van der Waals surface area contributed by atoms with Crippen LogP contribution in [0.1, 0.15) is 15.9 Å². The molecule has 0 atom stereocenters. The van der Waals surface area contributed by atoms with E-state index < -0.39 is 5.91 Å². The molecule has 102 valence electrons. The normalized spacial score (nSPS) is 10.1. The summed E-state index contributed by atoms with van der Waals surface area (Å²) in [6, 6.07) is 13.6. The number of benzene rings is 2. The number of hydrogen-bond donors (Lipinski definition) is 1. The number of carbonyl (C=O) groups is 2. The quantitative estimate of drug-likeness (QED) is 0.690. The molecule has 0 aliphatic rings. The van der Waals surface area contributed by atoms with Crippen molar-refractivity contribution >= 4 is 40.6 Å². The monoisotopic (exact) mass is 307 g/mol. The van der Waals surface area contributed by atoms with Gasteiger partial charge in [0.25, 0.3) is 0 Å². The topological polar surface area (TPSA) is 46.2 Å². The minimum absolute atomic E-state index is 0.189. The molecule has 20 heavy (non-hydrogen) atoms. The molecule has 2 aromatic rings. The van der Waals surface area contributed by atoms with Gasteiger partial charge in [-0.2, -0.15) is 0 Å². The highest BCUT2D eigenvalue weighted by atomic mass is 35.5. The van der Waals surface area contributed by atoms with Gasteiger partial charge in [-0.15, -0.1) is 11.6 Å². The second-order valence-electron chi connectivity index (χ2n) is 4.04. The molecular weight excluding hydrogens is 297 g/mol. The Balaban J connectivity index is 2.45. The summed E-state index contributed by atoms with van der Waals surface area (Å²) in [6.07, 6.45) is 0. The molecule has 5 heteroatoms.